The Morgan fingerprint density at radius 3 is 2.29 bits per heavy atom. The number of carboxylic acid groups (broad SMARTS) is 1. The van der Waals surface area contributed by atoms with Crippen molar-refractivity contribution in [1.82, 2.24) is 9.80 Å². The van der Waals surface area contributed by atoms with Crippen molar-refractivity contribution in [3.05, 3.63) is 29.8 Å². The predicted molar refractivity (Wildman–Crippen MR) is 94.1 cm³/mol. The number of carbonyl (C=O) groups excluding carboxylic acids is 1. The lowest BCUT2D eigenvalue weighted by molar-refractivity contribution is -0.143. The summed E-state index contributed by atoms with van der Waals surface area (Å²) in [7, 11) is 1.82. The Balaban J connectivity index is 2.05. The minimum absolute atomic E-state index is 0.0908. The molecule has 1 fully saturated rings. The fourth-order valence-corrected chi connectivity index (χ4v) is 3.14. The summed E-state index contributed by atoms with van der Waals surface area (Å²) in [5.74, 6) is -0.483. The maximum atomic E-state index is 12.1. The van der Waals surface area contributed by atoms with Crippen LogP contribution in [-0.2, 0) is 4.79 Å². The van der Waals surface area contributed by atoms with Crippen molar-refractivity contribution in [1.29, 1.82) is 0 Å². The number of carbonyl (C=O) groups is 2. The molecule has 0 bridgehead atoms. The van der Waals surface area contributed by atoms with Crippen molar-refractivity contribution in [3.63, 3.8) is 0 Å². The number of nitrogens with one attached hydrogen (secondary N) is 1. The quantitative estimate of drug-likeness (QED) is 0.839. The topological polar surface area (TPSA) is 72.9 Å². The summed E-state index contributed by atoms with van der Waals surface area (Å²) in [6, 6.07) is 6.30. The number of rotatable bonds is 6. The SMILES string of the molecule is CC(C)CN(C)[C@@H](C(=O)O)c1ccc(NC(=O)N2CCCC2)cc1. The number of nitrogens with zero attached hydrogens (tertiary/aromatic N) is 2. The first-order valence-corrected chi connectivity index (χ1v) is 8.47. The molecule has 132 valence electrons. The first kappa shape index (κ1) is 18.3. The van der Waals surface area contributed by atoms with E-state index in [9.17, 15) is 14.7 Å². The number of aliphatic carboxylic acids is 1. The second kappa shape index (κ2) is 8.15. The highest BCUT2D eigenvalue weighted by atomic mass is 16.4. The number of urea groups is 1. The number of carboxylic acids is 1. The van der Waals surface area contributed by atoms with Crippen molar-refractivity contribution in [2.45, 2.75) is 32.7 Å². The zero-order chi connectivity index (χ0) is 17.7. The maximum Gasteiger partial charge on any atom is 0.325 e. The van der Waals surface area contributed by atoms with Crippen LogP contribution in [0.2, 0.25) is 0 Å². The average Bonchev–Trinajstić information content (AvgIpc) is 3.02. The number of amides is 2. The molecule has 1 heterocycles. The molecule has 6 heteroatoms. The van der Waals surface area contributed by atoms with Gasteiger partial charge in [-0.25, -0.2) is 4.79 Å². The number of likely N-dealkylation sites (N-methyl/N-ethyl adjacent to an activating group) is 1. The predicted octanol–water partition coefficient (Wildman–Crippen LogP) is 3.03. The molecular formula is C18H27N3O3. The highest BCUT2D eigenvalue weighted by Gasteiger charge is 2.25. The van der Waals surface area contributed by atoms with Crippen LogP contribution in [0.5, 0.6) is 0 Å². The second-order valence-corrected chi connectivity index (χ2v) is 6.82. The van der Waals surface area contributed by atoms with Crippen LogP contribution in [0.25, 0.3) is 0 Å². The Labute approximate surface area is 143 Å². The van der Waals surface area contributed by atoms with Gasteiger partial charge in [0.15, 0.2) is 0 Å². The van der Waals surface area contributed by atoms with E-state index in [1.807, 2.05) is 11.9 Å². The van der Waals surface area contributed by atoms with Crippen molar-refractivity contribution >= 4 is 17.7 Å². The molecule has 1 aromatic rings. The minimum atomic E-state index is -0.869. The van der Waals surface area contributed by atoms with E-state index in [0.717, 1.165) is 25.9 Å². The van der Waals surface area contributed by atoms with E-state index in [1.165, 1.54) is 0 Å². The molecule has 6 nitrogen and oxygen atoms in total. The summed E-state index contributed by atoms with van der Waals surface area (Å²) in [4.78, 5) is 27.4. The number of hydrogen-bond donors (Lipinski definition) is 2. The van der Waals surface area contributed by atoms with Crippen molar-refractivity contribution in [3.8, 4) is 0 Å². The van der Waals surface area contributed by atoms with E-state index < -0.39 is 12.0 Å². The van der Waals surface area contributed by atoms with Gasteiger partial charge in [0.25, 0.3) is 0 Å². The van der Waals surface area contributed by atoms with E-state index in [1.54, 1.807) is 29.2 Å². The van der Waals surface area contributed by atoms with Gasteiger partial charge < -0.3 is 15.3 Å². The van der Waals surface area contributed by atoms with Crippen LogP contribution < -0.4 is 5.32 Å². The summed E-state index contributed by atoms with van der Waals surface area (Å²) in [5, 5.41) is 12.4. The summed E-state index contributed by atoms with van der Waals surface area (Å²) >= 11 is 0. The number of hydrogen-bond acceptors (Lipinski definition) is 3. The zero-order valence-electron chi connectivity index (χ0n) is 14.7. The fraction of sp³-hybridized carbons (Fsp3) is 0.556. The van der Waals surface area contributed by atoms with Crippen LogP contribution in [0.3, 0.4) is 0 Å². The third-order valence-electron chi connectivity index (χ3n) is 4.20. The van der Waals surface area contributed by atoms with Crippen LogP contribution in [0.4, 0.5) is 10.5 Å². The van der Waals surface area contributed by atoms with Crippen LogP contribution in [0, 0.1) is 5.92 Å². The highest BCUT2D eigenvalue weighted by Crippen LogP contribution is 2.23. The van der Waals surface area contributed by atoms with Gasteiger partial charge in [-0.1, -0.05) is 26.0 Å². The van der Waals surface area contributed by atoms with Crippen LogP contribution in [-0.4, -0.2) is 53.6 Å². The third-order valence-corrected chi connectivity index (χ3v) is 4.20. The van der Waals surface area contributed by atoms with Gasteiger partial charge in [0.1, 0.15) is 6.04 Å². The molecule has 0 aliphatic carbocycles. The Morgan fingerprint density at radius 1 is 1.21 bits per heavy atom. The Kier molecular flexibility index (Phi) is 6.20. The zero-order valence-corrected chi connectivity index (χ0v) is 14.7. The van der Waals surface area contributed by atoms with Crippen molar-refractivity contribution in [2.75, 3.05) is 32.0 Å². The van der Waals surface area contributed by atoms with Gasteiger partial charge in [-0.15, -0.1) is 0 Å². The molecule has 2 rings (SSSR count). The maximum absolute atomic E-state index is 12.1. The molecular weight excluding hydrogens is 306 g/mol. The van der Waals surface area contributed by atoms with Gasteiger partial charge in [0, 0.05) is 25.3 Å². The number of anilines is 1. The van der Waals surface area contributed by atoms with Crippen LogP contribution in [0.1, 0.15) is 38.3 Å². The van der Waals surface area contributed by atoms with Gasteiger partial charge in [-0.2, -0.15) is 0 Å². The monoisotopic (exact) mass is 333 g/mol. The van der Waals surface area contributed by atoms with E-state index in [2.05, 4.69) is 19.2 Å². The minimum Gasteiger partial charge on any atom is -0.480 e. The Bertz CT molecular complexity index is 565. The molecule has 0 saturated carbocycles. The van der Waals surface area contributed by atoms with Crippen molar-refractivity contribution in [2.24, 2.45) is 5.92 Å². The molecule has 24 heavy (non-hydrogen) atoms. The summed E-state index contributed by atoms with van der Waals surface area (Å²) in [6.45, 7) is 6.42. The lowest BCUT2D eigenvalue weighted by Crippen LogP contribution is -2.33. The lowest BCUT2D eigenvalue weighted by Gasteiger charge is -2.26. The fourth-order valence-electron chi connectivity index (χ4n) is 3.14. The summed E-state index contributed by atoms with van der Waals surface area (Å²) < 4.78 is 0. The van der Waals surface area contributed by atoms with Gasteiger partial charge in [0.2, 0.25) is 0 Å². The normalized spacial score (nSPS) is 15.8. The summed E-state index contributed by atoms with van der Waals surface area (Å²) in [5.41, 5.74) is 1.40. The molecule has 0 spiro atoms. The molecule has 2 amide bonds. The molecule has 1 aliphatic rings. The molecule has 1 aliphatic heterocycles. The largest absolute Gasteiger partial charge is 0.480 e. The molecule has 2 N–H and O–H groups in total. The smallest absolute Gasteiger partial charge is 0.325 e. The van der Waals surface area contributed by atoms with Gasteiger partial charge in [-0.3, -0.25) is 9.69 Å². The number of benzene rings is 1. The highest BCUT2D eigenvalue weighted by molar-refractivity contribution is 5.89. The van der Waals surface area contributed by atoms with E-state index >= 15 is 0 Å². The molecule has 1 atom stereocenters. The molecule has 1 saturated heterocycles. The molecule has 0 unspecified atom stereocenters. The van der Waals surface area contributed by atoms with Gasteiger partial charge in [0.05, 0.1) is 0 Å². The second-order valence-electron chi connectivity index (χ2n) is 6.82. The third kappa shape index (κ3) is 4.71. The van der Waals surface area contributed by atoms with Gasteiger partial charge in [-0.05, 0) is 43.5 Å². The first-order valence-electron chi connectivity index (χ1n) is 8.47. The molecule has 1 aromatic carbocycles. The lowest BCUT2D eigenvalue weighted by atomic mass is 10.0. The van der Waals surface area contributed by atoms with Crippen molar-refractivity contribution < 1.29 is 14.7 Å². The average molecular weight is 333 g/mol. The van der Waals surface area contributed by atoms with E-state index in [-0.39, 0.29) is 6.03 Å². The summed E-state index contributed by atoms with van der Waals surface area (Å²) in [6.07, 6.45) is 2.10. The molecule has 0 radical (unpaired) electrons. The Morgan fingerprint density at radius 2 is 1.79 bits per heavy atom. The standard InChI is InChI=1S/C18H27N3O3/c1-13(2)12-20(3)16(17(22)23)14-6-8-15(9-7-14)19-18(24)21-10-4-5-11-21/h6-9,13,16H,4-5,10-12H2,1-3H3,(H,19,24)(H,22,23)/t16-/m1/s1. The van der Waals surface area contributed by atoms with Gasteiger partial charge >= 0.3 is 12.0 Å². The van der Waals surface area contributed by atoms with E-state index in [4.69, 9.17) is 0 Å². The molecule has 0 aromatic heterocycles. The van der Waals surface area contributed by atoms with Crippen LogP contribution >= 0.6 is 0 Å². The first-order chi connectivity index (χ1) is 11.4. The van der Waals surface area contributed by atoms with Crippen LogP contribution in [0.15, 0.2) is 24.3 Å². The number of likely N-dealkylation sites (tertiary alicyclic amines) is 1. The van der Waals surface area contributed by atoms with E-state index in [0.29, 0.717) is 23.7 Å². The Hall–Kier alpha value is -2.08.